The zero-order chi connectivity index (χ0) is 6.24. The number of carbonyl (C=O) groups excluding carboxylic acids is 1. The summed E-state index contributed by atoms with van der Waals surface area (Å²) in [5.74, 6) is 0. The van der Waals surface area contributed by atoms with Crippen molar-refractivity contribution in [2.45, 2.75) is 13.3 Å². The highest BCUT2D eigenvalue weighted by Gasteiger charge is 1.61. The van der Waals surface area contributed by atoms with Gasteiger partial charge in [-0.3, -0.25) is 4.79 Å². The lowest BCUT2D eigenvalue weighted by Crippen LogP contribution is -1.56. The van der Waals surface area contributed by atoms with Crippen LogP contribution in [0.2, 0.25) is 0 Å². The first-order chi connectivity index (χ1) is 3.91. The number of allylic oxidation sites excluding steroid dienone is 4. The number of hydrogen-bond donors (Lipinski definition) is 0. The molecule has 0 spiro atoms. The van der Waals surface area contributed by atoms with E-state index < -0.39 is 0 Å². The molecule has 0 radical (unpaired) electrons. The Bertz CT molecular complexity index is 101. The van der Waals surface area contributed by atoms with Crippen LogP contribution in [-0.4, -0.2) is 6.29 Å². The summed E-state index contributed by atoms with van der Waals surface area (Å²) in [5.41, 5.74) is 0. The minimum Gasteiger partial charge on any atom is -0.299 e. The van der Waals surface area contributed by atoms with Crippen LogP contribution in [0.5, 0.6) is 0 Å². The maximum Gasteiger partial charge on any atom is 0.142 e. The third-order valence-corrected chi connectivity index (χ3v) is 0.673. The Morgan fingerprint density at radius 3 is 2.50 bits per heavy atom. The van der Waals surface area contributed by atoms with Crippen LogP contribution in [-0.2, 0) is 4.79 Å². The van der Waals surface area contributed by atoms with Gasteiger partial charge in [0, 0.05) is 0 Å². The predicted octanol–water partition coefficient (Wildman–Crippen LogP) is 1.71. The Labute approximate surface area is 49.7 Å². The highest BCUT2D eigenvalue weighted by molar-refractivity contribution is 5.65. The van der Waals surface area contributed by atoms with Gasteiger partial charge in [-0.2, -0.15) is 0 Å². The minimum absolute atomic E-state index is 0.764. The average Bonchev–Trinajstić information content (AvgIpc) is 1.81. The van der Waals surface area contributed by atoms with Crippen molar-refractivity contribution in [2.75, 3.05) is 0 Å². The molecule has 0 aromatic carbocycles. The molecule has 44 valence electrons. The first-order valence-electron chi connectivity index (χ1n) is 2.68. The van der Waals surface area contributed by atoms with Gasteiger partial charge in [0.05, 0.1) is 0 Å². The van der Waals surface area contributed by atoms with Crippen molar-refractivity contribution in [1.82, 2.24) is 0 Å². The Hall–Kier alpha value is -0.850. The third kappa shape index (κ3) is 5.15. The highest BCUT2D eigenvalue weighted by Crippen LogP contribution is 1.79. The quantitative estimate of drug-likeness (QED) is 0.307. The van der Waals surface area contributed by atoms with Crippen molar-refractivity contribution in [3.05, 3.63) is 24.3 Å². The van der Waals surface area contributed by atoms with Crippen molar-refractivity contribution in [1.29, 1.82) is 0 Å². The van der Waals surface area contributed by atoms with E-state index in [0.717, 1.165) is 12.7 Å². The van der Waals surface area contributed by atoms with E-state index in [1.165, 1.54) is 6.08 Å². The topological polar surface area (TPSA) is 17.1 Å². The van der Waals surface area contributed by atoms with Gasteiger partial charge in [0.25, 0.3) is 0 Å². The van der Waals surface area contributed by atoms with Gasteiger partial charge in [-0.25, -0.2) is 0 Å². The third-order valence-electron chi connectivity index (χ3n) is 0.673. The van der Waals surface area contributed by atoms with Crippen LogP contribution < -0.4 is 0 Å². The molecule has 1 nitrogen and oxygen atoms in total. The molecule has 0 aromatic rings. The van der Waals surface area contributed by atoms with Gasteiger partial charge < -0.3 is 0 Å². The smallest absolute Gasteiger partial charge is 0.142 e. The number of rotatable bonds is 3. The molecule has 0 heterocycles. The lowest BCUT2D eigenvalue weighted by atomic mass is 10.4. The number of hydrogen-bond acceptors (Lipinski definition) is 1. The molecule has 0 aliphatic carbocycles. The van der Waals surface area contributed by atoms with Crippen LogP contribution in [0.1, 0.15) is 13.3 Å². The molecule has 0 unspecified atom stereocenters. The van der Waals surface area contributed by atoms with E-state index in [4.69, 9.17) is 0 Å². The summed E-state index contributed by atoms with van der Waals surface area (Å²) in [6.07, 6.45) is 8.81. The summed E-state index contributed by atoms with van der Waals surface area (Å²) >= 11 is 0. The number of carbonyl (C=O) groups is 1. The maximum absolute atomic E-state index is 9.65. The molecule has 0 rings (SSSR count). The van der Waals surface area contributed by atoms with Crippen LogP contribution in [0.25, 0.3) is 0 Å². The van der Waals surface area contributed by atoms with E-state index in [-0.39, 0.29) is 0 Å². The lowest BCUT2D eigenvalue weighted by Gasteiger charge is -1.70. The molecule has 0 saturated heterocycles. The summed E-state index contributed by atoms with van der Waals surface area (Å²) in [6.45, 7) is 2.05. The average molecular weight is 110 g/mol. The molecule has 0 atom stereocenters. The van der Waals surface area contributed by atoms with Crippen molar-refractivity contribution < 1.29 is 4.79 Å². The predicted molar refractivity (Wildman–Crippen MR) is 34.6 cm³/mol. The van der Waals surface area contributed by atoms with Crippen molar-refractivity contribution in [3.63, 3.8) is 0 Å². The van der Waals surface area contributed by atoms with Gasteiger partial charge >= 0.3 is 0 Å². The Balaban J connectivity index is 3.26. The van der Waals surface area contributed by atoms with Gasteiger partial charge in [0.1, 0.15) is 6.29 Å². The minimum atomic E-state index is 0.764. The van der Waals surface area contributed by atoms with Gasteiger partial charge in [-0.15, -0.1) is 0 Å². The summed E-state index contributed by atoms with van der Waals surface area (Å²) < 4.78 is 0. The molecule has 0 amide bonds. The second-order valence-corrected chi connectivity index (χ2v) is 1.36. The van der Waals surface area contributed by atoms with Crippen LogP contribution in [0, 0.1) is 0 Å². The van der Waals surface area contributed by atoms with Gasteiger partial charge in [-0.05, 0) is 12.5 Å². The van der Waals surface area contributed by atoms with Gasteiger partial charge in [-0.1, -0.05) is 25.2 Å². The molecule has 0 saturated carbocycles. The molecular weight excluding hydrogens is 100 g/mol. The normalized spacial score (nSPS) is 11.1. The summed E-state index contributed by atoms with van der Waals surface area (Å²) in [7, 11) is 0. The van der Waals surface area contributed by atoms with Crippen molar-refractivity contribution in [3.8, 4) is 0 Å². The van der Waals surface area contributed by atoms with E-state index >= 15 is 0 Å². The van der Waals surface area contributed by atoms with E-state index in [1.807, 2.05) is 19.1 Å². The largest absolute Gasteiger partial charge is 0.299 e. The van der Waals surface area contributed by atoms with E-state index in [1.54, 1.807) is 6.08 Å². The molecule has 8 heavy (non-hydrogen) atoms. The van der Waals surface area contributed by atoms with Crippen molar-refractivity contribution in [2.24, 2.45) is 0 Å². The van der Waals surface area contributed by atoms with E-state index in [0.29, 0.717) is 0 Å². The Kier molecular flexibility index (Phi) is 5.50. The molecule has 0 aliphatic rings. The molecule has 1 heteroatoms. The summed E-state index contributed by atoms with van der Waals surface area (Å²) in [6, 6.07) is 0. The first-order valence-corrected chi connectivity index (χ1v) is 2.68. The SMILES string of the molecule is CCC=C/C=C/C=O. The zero-order valence-electron chi connectivity index (χ0n) is 5.00. The van der Waals surface area contributed by atoms with Gasteiger partial charge in [0.15, 0.2) is 0 Å². The van der Waals surface area contributed by atoms with Crippen LogP contribution in [0.3, 0.4) is 0 Å². The van der Waals surface area contributed by atoms with Crippen LogP contribution in [0.15, 0.2) is 24.3 Å². The molecule has 0 aliphatic heterocycles. The monoisotopic (exact) mass is 110 g/mol. The second kappa shape index (κ2) is 6.15. The zero-order valence-corrected chi connectivity index (χ0v) is 5.00. The number of aldehydes is 1. The molecule has 0 bridgehead atoms. The van der Waals surface area contributed by atoms with Crippen molar-refractivity contribution >= 4 is 6.29 Å². The Morgan fingerprint density at radius 1 is 1.25 bits per heavy atom. The van der Waals surface area contributed by atoms with E-state index in [2.05, 4.69) is 0 Å². The fourth-order valence-corrected chi connectivity index (χ4v) is 0.324. The molecule has 0 aromatic heterocycles. The van der Waals surface area contributed by atoms with Gasteiger partial charge in [0.2, 0.25) is 0 Å². The highest BCUT2D eigenvalue weighted by atomic mass is 16.1. The second-order valence-electron chi connectivity index (χ2n) is 1.36. The molecule has 0 fully saturated rings. The summed E-state index contributed by atoms with van der Waals surface area (Å²) in [4.78, 5) is 9.65. The first kappa shape index (κ1) is 7.15. The summed E-state index contributed by atoms with van der Waals surface area (Å²) in [5, 5.41) is 0. The fraction of sp³-hybridized carbons (Fsp3) is 0.286. The van der Waals surface area contributed by atoms with Crippen LogP contribution in [0.4, 0.5) is 0 Å². The maximum atomic E-state index is 9.65. The van der Waals surface area contributed by atoms with Crippen LogP contribution >= 0.6 is 0 Å². The molecule has 0 N–H and O–H groups in total. The Morgan fingerprint density at radius 2 is 2.00 bits per heavy atom. The standard InChI is InChI=1S/C7H10O/c1-2-3-4-5-6-7-8/h3-7H,2H2,1H3/b4-3?,6-5+. The molecular formula is C7H10O. The lowest BCUT2D eigenvalue weighted by molar-refractivity contribution is -0.104. The fourth-order valence-electron chi connectivity index (χ4n) is 0.324. The van der Waals surface area contributed by atoms with E-state index in [9.17, 15) is 4.79 Å².